The van der Waals surface area contributed by atoms with E-state index in [1.807, 2.05) is 0 Å². The van der Waals surface area contributed by atoms with Gasteiger partial charge in [-0.3, -0.25) is 9.69 Å². The number of sulfonamides is 1. The van der Waals surface area contributed by atoms with E-state index in [1.165, 1.54) is 12.1 Å². The molecule has 9 heteroatoms. The number of hydrogen-bond donors (Lipinski definition) is 2. The van der Waals surface area contributed by atoms with Gasteiger partial charge in [0.25, 0.3) is 5.91 Å². The highest BCUT2D eigenvalue weighted by Crippen LogP contribution is 2.25. The molecule has 0 aromatic heterocycles. The minimum atomic E-state index is -3.78. The monoisotopic (exact) mass is 399 g/mol. The lowest BCUT2D eigenvalue weighted by Gasteiger charge is -2.26. The highest BCUT2D eigenvalue weighted by atomic mass is 32.2. The molecule has 0 spiro atoms. The molecule has 1 saturated heterocycles. The molecule has 1 aromatic carbocycles. The van der Waals surface area contributed by atoms with Gasteiger partial charge in [-0.1, -0.05) is 0 Å². The van der Waals surface area contributed by atoms with Crippen LogP contribution in [0, 0.1) is 0 Å². The lowest BCUT2D eigenvalue weighted by Crippen LogP contribution is -2.41. The van der Waals surface area contributed by atoms with Crippen LogP contribution < -0.4 is 14.8 Å². The van der Waals surface area contributed by atoms with E-state index in [9.17, 15) is 13.2 Å². The quantitative estimate of drug-likeness (QED) is 0.639. The van der Waals surface area contributed by atoms with Crippen molar-refractivity contribution in [2.24, 2.45) is 0 Å². The molecule has 0 saturated carbocycles. The Morgan fingerprint density at radius 2 is 2.00 bits per heavy atom. The zero-order chi connectivity index (χ0) is 19.9. The Labute approximate surface area is 161 Å². The molecule has 0 radical (unpaired) electrons. The van der Waals surface area contributed by atoms with E-state index >= 15 is 0 Å². The van der Waals surface area contributed by atoms with Crippen molar-refractivity contribution >= 4 is 15.9 Å². The highest BCUT2D eigenvalue weighted by molar-refractivity contribution is 7.89. The summed E-state index contributed by atoms with van der Waals surface area (Å²) in [5.74, 6) is -0.0807. The minimum absolute atomic E-state index is 0.0288. The average Bonchev–Trinajstić information content (AvgIpc) is 2.62. The molecule has 1 amide bonds. The molecule has 152 valence electrons. The number of hydrogen-bond acceptors (Lipinski definition) is 6. The van der Waals surface area contributed by atoms with E-state index in [1.54, 1.807) is 26.8 Å². The molecule has 1 aliphatic heterocycles. The number of ether oxygens (including phenoxy) is 2. The Morgan fingerprint density at radius 1 is 1.30 bits per heavy atom. The van der Waals surface area contributed by atoms with Gasteiger partial charge in [-0.25, -0.2) is 13.1 Å². The van der Waals surface area contributed by atoms with Crippen LogP contribution in [-0.4, -0.2) is 71.3 Å². The predicted molar refractivity (Wildman–Crippen MR) is 103 cm³/mol. The summed E-state index contributed by atoms with van der Waals surface area (Å²) in [6.07, 6.45) is 0. The standard InChI is InChI=1S/C18H29N3O5S/c1-4-26-16-6-5-15(13-17(16)27(23,24)20-14(2)3)18(22)19-7-8-21-9-11-25-12-10-21/h5-6,13-14,20H,4,7-12H2,1-3H3,(H,19,22). The zero-order valence-corrected chi connectivity index (χ0v) is 17.0. The summed E-state index contributed by atoms with van der Waals surface area (Å²) < 4.78 is 38.4. The molecule has 2 N–H and O–H groups in total. The van der Waals surface area contributed by atoms with Crippen LogP contribution >= 0.6 is 0 Å². The van der Waals surface area contributed by atoms with Crippen LogP contribution in [0.5, 0.6) is 5.75 Å². The summed E-state index contributed by atoms with van der Waals surface area (Å²) in [4.78, 5) is 14.6. The number of amides is 1. The number of rotatable bonds is 9. The topological polar surface area (TPSA) is 97.0 Å². The fourth-order valence-corrected chi connectivity index (χ4v) is 4.18. The largest absolute Gasteiger partial charge is 0.492 e. The minimum Gasteiger partial charge on any atom is -0.492 e. The van der Waals surface area contributed by atoms with Crippen LogP contribution in [0.15, 0.2) is 23.1 Å². The molecule has 0 aliphatic carbocycles. The number of carbonyl (C=O) groups is 1. The van der Waals surface area contributed by atoms with E-state index in [2.05, 4.69) is 14.9 Å². The van der Waals surface area contributed by atoms with Crippen molar-refractivity contribution < 1.29 is 22.7 Å². The van der Waals surface area contributed by atoms with E-state index in [0.29, 0.717) is 26.4 Å². The summed E-state index contributed by atoms with van der Waals surface area (Å²) >= 11 is 0. The van der Waals surface area contributed by atoms with E-state index < -0.39 is 10.0 Å². The summed E-state index contributed by atoms with van der Waals surface area (Å²) in [7, 11) is -3.78. The van der Waals surface area contributed by atoms with Crippen LogP contribution in [-0.2, 0) is 14.8 Å². The summed E-state index contributed by atoms with van der Waals surface area (Å²) in [5, 5.41) is 2.84. The van der Waals surface area contributed by atoms with Gasteiger partial charge in [0.15, 0.2) is 0 Å². The predicted octanol–water partition coefficient (Wildman–Crippen LogP) is 0.834. The van der Waals surface area contributed by atoms with E-state index in [4.69, 9.17) is 9.47 Å². The second kappa shape index (κ2) is 10.0. The number of morpholine rings is 1. The first-order valence-corrected chi connectivity index (χ1v) is 10.7. The summed E-state index contributed by atoms with van der Waals surface area (Å²) in [5.41, 5.74) is 0.282. The van der Waals surface area contributed by atoms with Gasteiger partial charge in [-0.15, -0.1) is 0 Å². The van der Waals surface area contributed by atoms with Gasteiger partial charge in [0.2, 0.25) is 10.0 Å². The molecule has 1 aliphatic rings. The number of benzene rings is 1. The van der Waals surface area contributed by atoms with Gasteiger partial charge in [-0.2, -0.15) is 0 Å². The fraction of sp³-hybridized carbons (Fsp3) is 0.611. The van der Waals surface area contributed by atoms with Crippen molar-refractivity contribution in [3.63, 3.8) is 0 Å². The molecule has 27 heavy (non-hydrogen) atoms. The molecule has 1 aromatic rings. The third kappa shape index (κ3) is 6.46. The maximum atomic E-state index is 12.6. The first-order chi connectivity index (χ1) is 12.8. The Morgan fingerprint density at radius 3 is 2.63 bits per heavy atom. The van der Waals surface area contributed by atoms with Crippen molar-refractivity contribution in [1.29, 1.82) is 0 Å². The van der Waals surface area contributed by atoms with Crippen LogP contribution in [0.4, 0.5) is 0 Å². The molecular formula is C18H29N3O5S. The van der Waals surface area contributed by atoms with Crippen molar-refractivity contribution in [2.45, 2.75) is 31.7 Å². The Bertz CT molecular complexity index is 731. The normalized spacial score (nSPS) is 15.7. The Hall–Kier alpha value is -1.68. The van der Waals surface area contributed by atoms with Crippen molar-refractivity contribution in [2.75, 3.05) is 46.0 Å². The third-order valence-electron chi connectivity index (χ3n) is 4.00. The zero-order valence-electron chi connectivity index (χ0n) is 16.2. The van der Waals surface area contributed by atoms with Crippen LogP contribution in [0.2, 0.25) is 0 Å². The van der Waals surface area contributed by atoms with Gasteiger partial charge in [-0.05, 0) is 39.0 Å². The Balaban J connectivity index is 2.09. The molecule has 0 atom stereocenters. The smallest absolute Gasteiger partial charge is 0.251 e. The first-order valence-electron chi connectivity index (χ1n) is 9.21. The maximum absolute atomic E-state index is 12.6. The molecular weight excluding hydrogens is 370 g/mol. The summed E-state index contributed by atoms with van der Waals surface area (Å²) in [6.45, 7) is 9.90. The van der Waals surface area contributed by atoms with Crippen LogP contribution in [0.25, 0.3) is 0 Å². The second-order valence-corrected chi connectivity index (χ2v) is 8.26. The van der Waals surface area contributed by atoms with Crippen molar-refractivity contribution in [1.82, 2.24) is 14.9 Å². The number of nitrogens with one attached hydrogen (secondary N) is 2. The summed E-state index contributed by atoms with van der Waals surface area (Å²) in [6, 6.07) is 4.19. The molecule has 2 rings (SSSR count). The van der Waals surface area contributed by atoms with Gasteiger partial charge in [0, 0.05) is 37.8 Å². The second-order valence-electron chi connectivity index (χ2n) is 6.58. The lowest BCUT2D eigenvalue weighted by molar-refractivity contribution is 0.0383. The molecule has 1 fully saturated rings. The molecule has 0 unspecified atom stereocenters. The van der Waals surface area contributed by atoms with Gasteiger partial charge in [0.1, 0.15) is 10.6 Å². The lowest BCUT2D eigenvalue weighted by atomic mass is 10.2. The van der Waals surface area contributed by atoms with Crippen LogP contribution in [0.3, 0.4) is 0 Å². The molecule has 8 nitrogen and oxygen atoms in total. The maximum Gasteiger partial charge on any atom is 0.251 e. The molecule has 1 heterocycles. The van der Waals surface area contributed by atoms with Crippen LogP contribution in [0.1, 0.15) is 31.1 Å². The van der Waals surface area contributed by atoms with E-state index in [-0.39, 0.29) is 28.2 Å². The fourth-order valence-electron chi connectivity index (χ4n) is 2.76. The molecule has 0 bridgehead atoms. The van der Waals surface area contributed by atoms with E-state index in [0.717, 1.165) is 19.6 Å². The van der Waals surface area contributed by atoms with Crippen molar-refractivity contribution in [3.05, 3.63) is 23.8 Å². The van der Waals surface area contributed by atoms with Crippen molar-refractivity contribution in [3.8, 4) is 5.75 Å². The Kier molecular flexibility index (Phi) is 8.03. The third-order valence-corrected chi connectivity index (χ3v) is 5.68. The first kappa shape index (κ1) is 21.6. The SMILES string of the molecule is CCOc1ccc(C(=O)NCCN2CCOCC2)cc1S(=O)(=O)NC(C)C. The highest BCUT2D eigenvalue weighted by Gasteiger charge is 2.23. The average molecular weight is 400 g/mol. The number of nitrogens with zero attached hydrogens (tertiary/aromatic N) is 1. The number of carbonyl (C=O) groups excluding carboxylic acids is 1. The van der Waals surface area contributed by atoms with Gasteiger partial charge in [0.05, 0.1) is 19.8 Å². The van der Waals surface area contributed by atoms with Gasteiger partial charge >= 0.3 is 0 Å². The van der Waals surface area contributed by atoms with Gasteiger partial charge < -0.3 is 14.8 Å².